The molecular formula is C23H16F2N4O. The summed E-state index contributed by atoms with van der Waals surface area (Å²) in [5.41, 5.74) is 4.80. The number of benzene rings is 2. The fourth-order valence-electron chi connectivity index (χ4n) is 3.18. The Morgan fingerprint density at radius 1 is 1.00 bits per heavy atom. The number of fused-ring (bicyclic) bond motifs is 1. The highest BCUT2D eigenvalue weighted by Gasteiger charge is 2.09. The number of rotatable bonds is 6. The van der Waals surface area contributed by atoms with Gasteiger partial charge in [0.2, 0.25) is 0 Å². The Morgan fingerprint density at radius 3 is 2.53 bits per heavy atom. The number of nitriles is 1. The molecule has 0 saturated heterocycles. The Morgan fingerprint density at radius 2 is 1.83 bits per heavy atom. The summed E-state index contributed by atoms with van der Waals surface area (Å²) in [6.07, 6.45) is 3.41. The average Bonchev–Trinajstić information content (AvgIpc) is 2.78. The monoisotopic (exact) mass is 402 g/mol. The van der Waals surface area contributed by atoms with Gasteiger partial charge in [0.15, 0.2) is 0 Å². The van der Waals surface area contributed by atoms with E-state index in [9.17, 15) is 8.78 Å². The van der Waals surface area contributed by atoms with Crippen molar-refractivity contribution in [1.82, 2.24) is 9.97 Å². The first-order chi connectivity index (χ1) is 14.6. The lowest BCUT2D eigenvalue weighted by molar-refractivity contribution is -0.0498. The second-order valence-corrected chi connectivity index (χ2v) is 6.48. The molecule has 4 rings (SSSR count). The molecular weight excluding hydrogens is 386 g/mol. The van der Waals surface area contributed by atoms with Gasteiger partial charge in [-0.1, -0.05) is 24.3 Å². The van der Waals surface area contributed by atoms with Gasteiger partial charge in [-0.05, 0) is 47.5 Å². The Bertz CT molecular complexity index is 1200. The first kappa shape index (κ1) is 19.3. The third-order valence-corrected chi connectivity index (χ3v) is 4.59. The molecule has 2 aromatic heterocycles. The van der Waals surface area contributed by atoms with Crippen LogP contribution in [0.1, 0.15) is 11.3 Å². The van der Waals surface area contributed by atoms with E-state index in [-0.39, 0.29) is 5.75 Å². The topological polar surface area (TPSA) is 70.8 Å². The van der Waals surface area contributed by atoms with Gasteiger partial charge in [0, 0.05) is 29.9 Å². The molecule has 0 saturated carbocycles. The first-order valence-corrected chi connectivity index (χ1v) is 9.16. The molecule has 148 valence electrons. The number of ether oxygens (including phenoxy) is 1. The van der Waals surface area contributed by atoms with Gasteiger partial charge in [0.25, 0.3) is 0 Å². The van der Waals surface area contributed by atoms with E-state index < -0.39 is 6.61 Å². The summed E-state index contributed by atoms with van der Waals surface area (Å²) < 4.78 is 28.9. The van der Waals surface area contributed by atoms with Crippen molar-refractivity contribution < 1.29 is 13.5 Å². The largest absolute Gasteiger partial charge is 0.435 e. The molecule has 5 nitrogen and oxygen atoms in total. The van der Waals surface area contributed by atoms with Gasteiger partial charge in [-0.3, -0.25) is 4.98 Å². The summed E-state index contributed by atoms with van der Waals surface area (Å²) in [4.78, 5) is 8.67. The van der Waals surface area contributed by atoms with Crippen molar-refractivity contribution in [2.45, 2.75) is 13.2 Å². The second kappa shape index (κ2) is 8.53. The number of aromatic nitrogens is 2. The van der Waals surface area contributed by atoms with Crippen LogP contribution >= 0.6 is 0 Å². The summed E-state index contributed by atoms with van der Waals surface area (Å²) in [5, 5.41) is 13.2. The number of hydrogen-bond donors (Lipinski definition) is 1. The van der Waals surface area contributed by atoms with Gasteiger partial charge in [0.1, 0.15) is 17.5 Å². The molecule has 0 spiro atoms. The van der Waals surface area contributed by atoms with Crippen LogP contribution < -0.4 is 10.1 Å². The molecule has 0 radical (unpaired) electrons. The van der Waals surface area contributed by atoms with Crippen LogP contribution in [0.4, 0.5) is 14.5 Å². The number of hydrogen-bond acceptors (Lipinski definition) is 5. The summed E-state index contributed by atoms with van der Waals surface area (Å²) in [6, 6.07) is 19.8. The van der Waals surface area contributed by atoms with Gasteiger partial charge >= 0.3 is 6.61 Å². The van der Waals surface area contributed by atoms with Gasteiger partial charge < -0.3 is 10.1 Å². The van der Waals surface area contributed by atoms with Crippen LogP contribution in [0.3, 0.4) is 0 Å². The second-order valence-electron chi connectivity index (χ2n) is 6.48. The highest BCUT2D eigenvalue weighted by atomic mass is 19.3. The number of nitrogens with one attached hydrogen (secondary N) is 1. The molecule has 0 aliphatic rings. The molecule has 4 aromatic rings. The Balaban J connectivity index is 1.58. The van der Waals surface area contributed by atoms with Crippen LogP contribution in [0.15, 0.2) is 73.1 Å². The van der Waals surface area contributed by atoms with Crippen LogP contribution in [-0.2, 0) is 6.54 Å². The minimum atomic E-state index is -2.84. The lowest BCUT2D eigenvalue weighted by Gasteiger charge is -2.12. The fraction of sp³-hybridized carbons (Fsp3) is 0.0870. The number of halogens is 2. The van der Waals surface area contributed by atoms with E-state index in [2.05, 4.69) is 20.0 Å². The first-order valence-electron chi connectivity index (χ1n) is 9.16. The summed E-state index contributed by atoms with van der Waals surface area (Å²) >= 11 is 0. The highest BCUT2D eigenvalue weighted by molar-refractivity contribution is 6.00. The maximum absolute atomic E-state index is 12.3. The molecule has 0 aliphatic heterocycles. The third-order valence-electron chi connectivity index (χ3n) is 4.59. The van der Waals surface area contributed by atoms with E-state index >= 15 is 0 Å². The Labute approximate surface area is 171 Å². The van der Waals surface area contributed by atoms with Crippen molar-refractivity contribution in [2.24, 2.45) is 0 Å². The van der Waals surface area contributed by atoms with Crippen LogP contribution in [0.2, 0.25) is 0 Å². The van der Waals surface area contributed by atoms with Gasteiger partial charge in [-0.25, -0.2) is 4.98 Å². The van der Waals surface area contributed by atoms with Crippen molar-refractivity contribution in [2.75, 3.05) is 5.32 Å². The van der Waals surface area contributed by atoms with Crippen molar-refractivity contribution in [3.63, 3.8) is 0 Å². The zero-order chi connectivity index (χ0) is 20.9. The van der Waals surface area contributed by atoms with Crippen LogP contribution in [0.25, 0.3) is 22.0 Å². The fourth-order valence-corrected chi connectivity index (χ4v) is 3.18. The lowest BCUT2D eigenvalue weighted by atomic mass is 10.0. The molecule has 2 heterocycles. The number of pyridine rings is 2. The summed E-state index contributed by atoms with van der Waals surface area (Å²) in [6.45, 7) is -2.34. The SMILES string of the molecule is N#Cc1ccc(-c2ccnc3c(NCc4ccc(OC(F)F)cc4)cccc23)cn1. The maximum atomic E-state index is 12.3. The molecule has 0 atom stereocenters. The number of alkyl halides is 2. The van der Waals surface area contributed by atoms with E-state index in [0.29, 0.717) is 12.2 Å². The van der Waals surface area contributed by atoms with Crippen molar-refractivity contribution in [1.29, 1.82) is 5.26 Å². The molecule has 0 bridgehead atoms. The van der Waals surface area contributed by atoms with E-state index in [4.69, 9.17) is 5.26 Å². The molecule has 0 aliphatic carbocycles. The smallest absolute Gasteiger partial charge is 0.387 e. The van der Waals surface area contributed by atoms with Crippen LogP contribution in [0.5, 0.6) is 5.75 Å². The summed E-state index contributed by atoms with van der Waals surface area (Å²) in [7, 11) is 0. The normalized spacial score (nSPS) is 10.7. The molecule has 0 amide bonds. The van der Waals surface area contributed by atoms with E-state index in [1.165, 1.54) is 12.1 Å². The molecule has 2 aromatic carbocycles. The lowest BCUT2D eigenvalue weighted by Crippen LogP contribution is -2.03. The molecule has 0 fully saturated rings. The Kier molecular flexibility index (Phi) is 5.48. The predicted octanol–water partition coefficient (Wildman–Crippen LogP) is 5.38. The minimum Gasteiger partial charge on any atom is -0.435 e. The van der Waals surface area contributed by atoms with Crippen molar-refractivity contribution in [3.05, 3.63) is 84.3 Å². The third kappa shape index (κ3) is 4.18. The number of nitrogens with zero attached hydrogens (tertiary/aromatic N) is 3. The molecule has 0 unspecified atom stereocenters. The zero-order valence-corrected chi connectivity index (χ0v) is 15.7. The van der Waals surface area contributed by atoms with Gasteiger partial charge in [0.05, 0.1) is 11.2 Å². The van der Waals surface area contributed by atoms with E-state index in [0.717, 1.165) is 33.3 Å². The maximum Gasteiger partial charge on any atom is 0.387 e. The average molecular weight is 402 g/mol. The number of anilines is 1. The predicted molar refractivity (Wildman–Crippen MR) is 110 cm³/mol. The standard InChI is InChI=1S/C23H16F2N4O/c24-23(25)30-18-8-4-15(5-9-18)13-29-21-3-1-2-20-19(10-11-27-22(20)21)16-6-7-17(12-26)28-14-16/h1-11,14,23,29H,13H2. The summed E-state index contributed by atoms with van der Waals surface area (Å²) in [5.74, 6) is 0.126. The quantitative estimate of drug-likeness (QED) is 0.469. The van der Waals surface area contributed by atoms with E-state index in [1.54, 1.807) is 30.6 Å². The van der Waals surface area contributed by atoms with Crippen LogP contribution in [0, 0.1) is 11.3 Å². The number of para-hydroxylation sites is 1. The zero-order valence-electron chi connectivity index (χ0n) is 15.7. The van der Waals surface area contributed by atoms with Gasteiger partial charge in [-0.2, -0.15) is 14.0 Å². The molecule has 7 heteroatoms. The molecule has 30 heavy (non-hydrogen) atoms. The van der Waals surface area contributed by atoms with Crippen LogP contribution in [-0.4, -0.2) is 16.6 Å². The molecule has 1 N–H and O–H groups in total. The van der Waals surface area contributed by atoms with Crippen molar-refractivity contribution in [3.8, 4) is 22.9 Å². The Hall–Kier alpha value is -4.05. The van der Waals surface area contributed by atoms with E-state index in [1.807, 2.05) is 36.4 Å². The minimum absolute atomic E-state index is 0.126. The highest BCUT2D eigenvalue weighted by Crippen LogP contribution is 2.31. The van der Waals surface area contributed by atoms with Crippen molar-refractivity contribution >= 4 is 16.6 Å². The van der Waals surface area contributed by atoms with Gasteiger partial charge in [-0.15, -0.1) is 0 Å².